The van der Waals surface area contributed by atoms with Crippen molar-refractivity contribution in [3.8, 4) is 0 Å². The fourth-order valence-corrected chi connectivity index (χ4v) is 2.80. The summed E-state index contributed by atoms with van der Waals surface area (Å²) >= 11 is 0. The highest BCUT2D eigenvalue weighted by molar-refractivity contribution is 6.13. The molecule has 3 radical (unpaired) electrons. The molecule has 0 aromatic carbocycles. The molecular weight excluding hydrogens is 316 g/mol. The van der Waals surface area contributed by atoms with E-state index in [9.17, 15) is 0 Å². The molecule has 0 aliphatic heterocycles. The molecule has 0 spiro atoms. The first-order valence-corrected chi connectivity index (χ1v) is 10.8. The molecule has 0 saturated heterocycles. The van der Waals surface area contributed by atoms with Crippen LogP contribution in [0.3, 0.4) is 0 Å². The van der Waals surface area contributed by atoms with Crippen LogP contribution in [0.15, 0.2) is 0 Å². The van der Waals surface area contributed by atoms with Gasteiger partial charge in [0.15, 0.2) is 5.41 Å². The van der Waals surface area contributed by atoms with E-state index >= 15 is 0 Å². The van der Waals surface area contributed by atoms with Crippen LogP contribution in [0.1, 0.15) is 97.8 Å². The lowest BCUT2D eigenvalue weighted by molar-refractivity contribution is -0.207. The molecule has 24 heavy (non-hydrogen) atoms. The molecule has 0 rings (SSSR count). The van der Waals surface area contributed by atoms with Crippen LogP contribution in [0.2, 0.25) is 0 Å². The third-order valence-electron chi connectivity index (χ3n) is 4.10. The van der Waals surface area contributed by atoms with Gasteiger partial charge in [0.25, 0.3) is 0 Å². The lowest BCUT2D eigenvalue weighted by atomic mass is 10.2. The van der Waals surface area contributed by atoms with E-state index in [0.717, 1.165) is 39.1 Å². The van der Waals surface area contributed by atoms with Crippen molar-refractivity contribution in [2.24, 2.45) is 0 Å². The molecule has 0 amide bonds. The van der Waals surface area contributed by atoms with Gasteiger partial charge in [0.1, 0.15) is 10.2 Å². The van der Waals surface area contributed by atoms with Crippen LogP contribution >= 0.6 is 0 Å². The molecule has 0 unspecified atom stereocenters. The summed E-state index contributed by atoms with van der Waals surface area (Å²) in [5, 5.41) is 0. The van der Waals surface area contributed by atoms with Gasteiger partial charge in [-0.25, -0.2) is 0 Å². The second kappa shape index (κ2) is 17.9. The van der Waals surface area contributed by atoms with E-state index in [1.165, 1.54) is 57.8 Å². The van der Waals surface area contributed by atoms with Crippen LogP contribution in [0, 0.1) is 0 Å². The molecule has 0 aliphatic rings. The van der Waals surface area contributed by atoms with Crippen LogP contribution in [-0.2, 0) is 14.2 Å². The highest BCUT2D eigenvalue weighted by atomic mass is 28.1. The zero-order valence-corrected chi connectivity index (χ0v) is 17.5. The summed E-state index contributed by atoms with van der Waals surface area (Å²) < 4.78 is 17.8. The van der Waals surface area contributed by atoms with Crippen molar-refractivity contribution in [1.82, 2.24) is 0 Å². The molecule has 0 aromatic heterocycles. The predicted octanol–water partition coefficient (Wildman–Crippen LogP) is 5.60. The standard InChI is InChI=1S/C20H41O3Si/c1-4-7-10-13-16-21-19-20(24,22-17-14-11-8-5-2)23-18-15-12-9-6-3/h4-19H2,1-3H3. The Kier molecular flexibility index (Phi) is 18.0. The minimum Gasteiger partial charge on any atom is -0.376 e. The fourth-order valence-electron chi connectivity index (χ4n) is 2.49. The van der Waals surface area contributed by atoms with Gasteiger partial charge in [-0.2, -0.15) is 0 Å². The Balaban J connectivity index is 4.00. The summed E-state index contributed by atoms with van der Waals surface area (Å²) in [5.74, 6) is 0. The van der Waals surface area contributed by atoms with Crippen molar-refractivity contribution in [2.45, 2.75) is 103 Å². The zero-order valence-electron chi connectivity index (χ0n) is 16.5. The van der Waals surface area contributed by atoms with Crippen molar-refractivity contribution in [1.29, 1.82) is 0 Å². The molecule has 0 N–H and O–H groups in total. The Morgan fingerprint density at radius 2 is 1.00 bits per heavy atom. The second-order valence-electron chi connectivity index (χ2n) is 6.68. The summed E-state index contributed by atoms with van der Waals surface area (Å²) in [6, 6.07) is 0. The van der Waals surface area contributed by atoms with Crippen molar-refractivity contribution in [2.75, 3.05) is 26.4 Å². The van der Waals surface area contributed by atoms with E-state index in [-0.39, 0.29) is 0 Å². The quantitative estimate of drug-likeness (QED) is 0.171. The van der Waals surface area contributed by atoms with E-state index in [2.05, 4.69) is 31.0 Å². The Morgan fingerprint density at radius 3 is 1.42 bits per heavy atom. The summed E-state index contributed by atoms with van der Waals surface area (Å²) in [7, 11) is 3.70. The third-order valence-corrected chi connectivity index (χ3v) is 4.53. The maximum Gasteiger partial charge on any atom is 0.166 e. The maximum absolute atomic E-state index is 5.98. The van der Waals surface area contributed by atoms with E-state index in [0.29, 0.717) is 6.61 Å². The summed E-state index contributed by atoms with van der Waals surface area (Å²) in [5.41, 5.74) is -0.775. The topological polar surface area (TPSA) is 27.7 Å². The van der Waals surface area contributed by atoms with Gasteiger partial charge in [-0.3, -0.25) is 0 Å². The lowest BCUT2D eigenvalue weighted by Gasteiger charge is -2.30. The van der Waals surface area contributed by atoms with Crippen LogP contribution < -0.4 is 0 Å². The van der Waals surface area contributed by atoms with Crippen LogP contribution in [0.5, 0.6) is 0 Å². The second-order valence-corrected chi connectivity index (χ2v) is 7.45. The molecule has 0 aromatic rings. The summed E-state index contributed by atoms with van der Waals surface area (Å²) in [6.45, 7) is 9.35. The molecule has 0 atom stereocenters. The van der Waals surface area contributed by atoms with Crippen molar-refractivity contribution < 1.29 is 14.2 Å². The van der Waals surface area contributed by atoms with Gasteiger partial charge in [0.05, 0.1) is 6.61 Å². The zero-order chi connectivity index (χ0) is 17.9. The molecule has 0 saturated carbocycles. The lowest BCUT2D eigenvalue weighted by Crippen LogP contribution is -2.42. The molecule has 0 fully saturated rings. The molecule has 0 heterocycles. The molecular formula is C20H41O3Si. The van der Waals surface area contributed by atoms with Gasteiger partial charge in [-0.15, -0.1) is 0 Å². The van der Waals surface area contributed by atoms with E-state index in [1.54, 1.807) is 0 Å². The van der Waals surface area contributed by atoms with Gasteiger partial charge >= 0.3 is 0 Å². The van der Waals surface area contributed by atoms with Gasteiger partial charge < -0.3 is 14.2 Å². The first-order valence-electron chi connectivity index (χ1n) is 10.3. The molecule has 0 aliphatic carbocycles. The Morgan fingerprint density at radius 1 is 0.583 bits per heavy atom. The SMILES string of the molecule is CCCCCCOCC([Si])(OCCCCCC)OCCCCCC. The van der Waals surface area contributed by atoms with Crippen molar-refractivity contribution in [3.05, 3.63) is 0 Å². The fraction of sp³-hybridized carbons (Fsp3) is 1.00. The van der Waals surface area contributed by atoms with Gasteiger partial charge in [0.2, 0.25) is 0 Å². The van der Waals surface area contributed by atoms with Crippen LogP contribution in [0.25, 0.3) is 0 Å². The van der Waals surface area contributed by atoms with Gasteiger partial charge in [0, 0.05) is 19.8 Å². The van der Waals surface area contributed by atoms with E-state index in [1.807, 2.05) is 0 Å². The number of rotatable bonds is 19. The van der Waals surface area contributed by atoms with E-state index in [4.69, 9.17) is 14.2 Å². The predicted molar refractivity (Wildman–Crippen MR) is 104 cm³/mol. The monoisotopic (exact) mass is 357 g/mol. The van der Waals surface area contributed by atoms with Gasteiger partial charge in [-0.05, 0) is 19.3 Å². The Hall–Kier alpha value is 0.0969. The number of ether oxygens (including phenoxy) is 3. The van der Waals surface area contributed by atoms with Crippen molar-refractivity contribution >= 4 is 10.2 Å². The maximum atomic E-state index is 5.98. The van der Waals surface area contributed by atoms with Crippen LogP contribution in [0.4, 0.5) is 0 Å². The van der Waals surface area contributed by atoms with Crippen LogP contribution in [-0.4, -0.2) is 42.1 Å². The summed E-state index contributed by atoms with van der Waals surface area (Å²) in [6.07, 6.45) is 14.5. The van der Waals surface area contributed by atoms with E-state index < -0.39 is 5.41 Å². The Labute approximate surface area is 154 Å². The normalized spacial score (nSPS) is 12.0. The molecule has 0 bridgehead atoms. The number of unbranched alkanes of at least 4 members (excludes halogenated alkanes) is 9. The average molecular weight is 358 g/mol. The molecule has 4 heteroatoms. The summed E-state index contributed by atoms with van der Waals surface area (Å²) in [4.78, 5) is 0. The third kappa shape index (κ3) is 15.6. The minimum atomic E-state index is -0.775. The smallest absolute Gasteiger partial charge is 0.166 e. The largest absolute Gasteiger partial charge is 0.376 e. The average Bonchev–Trinajstić information content (AvgIpc) is 2.58. The molecule has 3 nitrogen and oxygen atoms in total. The first kappa shape index (κ1) is 24.1. The van der Waals surface area contributed by atoms with Gasteiger partial charge in [-0.1, -0.05) is 78.6 Å². The van der Waals surface area contributed by atoms with Crippen molar-refractivity contribution in [3.63, 3.8) is 0 Å². The highest BCUT2D eigenvalue weighted by Gasteiger charge is 2.26. The molecule has 143 valence electrons. The first-order chi connectivity index (χ1) is 11.7. The highest BCUT2D eigenvalue weighted by Crippen LogP contribution is 2.14. The number of hydrogen-bond donors (Lipinski definition) is 0. The Bertz CT molecular complexity index is 235. The minimum absolute atomic E-state index is 0.456. The number of hydrogen-bond acceptors (Lipinski definition) is 3.